The molecule has 0 saturated heterocycles. The summed E-state index contributed by atoms with van der Waals surface area (Å²) in [6.45, 7) is 2.47. The van der Waals surface area contributed by atoms with Crippen molar-refractivity contribution in [2.75, 3.05) is 13.6 Å². The third-order valence-electron chi connectivity index (χ3n) is 2.24. The number of pyridine rings is 1. The Bertz CT molecular complexity index is 445. The molecule has 1 aromatic heterocycles. The van der Waals surface area contributed by atoms with Crippen LogP contribution in [-0.4, -0.2) is 35.5 Å². The van der Waals surface area contributed by atoms with E-state index >= 15 is 0 Å². The molecule has 1 rings (SSSR count). The predicted octanol–water partition coefficient (Wildman–Crippen LogP) is 0.500. The molecule has 0 bridgehead atoms. The first-order valence-electron chi connectivity index (χ1n) is 5.18. The van der Waals surface area contributed by atoms with E-state index in [1.807, 2.05) is 6.92 Å². The minimum absolute atomic E-state index is 0.0795. The van der Waals surface area contributed by atoms with Crippen LogP contribution in [0.3, 0.4) is 0 Å². The van der Waals surface area contributed by atoms with E-state index in [1.165, 1.54) is 11.0 Å². The van der Waals surface area contributed by atoms with Crippen LogP contribution in [0.15, 0.2) is 18.5 Å². The van der Waals surface area contributed by atoms with Crippen molar-refractivity contribution in [1.82, 2.24) is 4.90 Å². The van der Waals surface area contributed by atoms with Crippen molar-refractivity contribution in [3.63, 3.8) is 0 Å². The van der Waals surface area contributed by atoms with Gasteiger partial charge in [-0.3, -0.25) is 4.79 Å². The van der Waals surface area contributed by atoms with Gasteiger partial charge in [-0.25, -0.2) is 4.79 Å². The zero-order valence-electron chi connectivity index (χ0n) is 9.71. The maximum atomic E-state index is 11.8. The molecule has 0 spiro atoms. The lowest BCUT2D eigenvalue weighted by atomic mass is 10.2. The first kappa shape index (κ1) is 13.0. The molecular weight excluding hydrogens is 224 g/mol. The zero-order valence-corrected chi connectivity index (χ0v) is 9.71. The minimum Gasteiger partial charge on any atom is -0.619 e. The molecule has 1 N–H and O–H groups in total. The highest BCUT2D eigenvalue weighted by Crippen LogP contribution is 2.05. The number of hydrogen-bond donors (Lipinski definition) is 1. The Morgan fingerprint density at radius 2 is 2.00 bits per heavy atom. The van der Waals surface area contributed by atoms with E-state index in [2.05, 4.69) is 0 Å². The Hall–Kier alpha value is -2.11. The number of nitrogens with zero attached hydrogens (tertiary/aromatic N) is 2. The van der Waals surface area contributed by atoms with Crippen molar-refractivity contribution in [3.8, 4) is 0 Å². The average molecular weight is 238 g/mol. The van der Waals surface area contributed by atoms with Crippen LogP contribution in [0.4, 0.5) is 0 Å². The Morgan fingerprint density at radius 3 is 2.53 bits per heavy atom. The maximum Gasteiger partial charge on any atom is 0.341 e. The molecule has 0 aliphatic heterocycles. The average Bonchev–Trinajstić information content (AvgIpc) is 2.27. The number of carboxylic acids is 1. The predicted molar refractivity (Wildman–Crippen MR) is 59.6 cm³/mol. The number of carbonyl (C=O) groups excluding carboxylic acids is 1. The minimum atomic E-state index is -1.23. The Balaban J connectivity index is 3.05. The Morgan fingerprint density at radius 1 is 1.41 bits per heavy atom. The molecule has 0 aliphatic carbocycles. The summed E-state index contributed by atoms with van der Waals surface area (Å²) in [5, 5.41) is 20.0. The number of hydrogen-bond acceptors (Lipinski definition) is 3. The first-order chi connectivity index (χ1) is 7.95. The van der Waals surface area contributed by atoms with Gasteiger partial charge in [0.25, 0.3) is 5.91 Å². The van der Waals surface area contributed by atoms with E-state index < -0.39 is 5.97 Å². The molecule has 0 unspecified atom stereocenters. The number of rotatable bonds is 4. The van der Waals surface area contributed by atoms with Crippen molar-refractivity contribution in [3.05, 3.63) is 34.8 Å². The number of carbonyl (C=O) groups is 2. The number of carboxylic acid groups (broad SMARTS) is 1. The molecule has 6 nitrogen and oxygen atoms in total. The third kappa shape index (κ3) is 3.17. The fourth-order valence-corrected chi connectivity index (χ4v) is 1.44. The van der Waals surface area contributed by atoms with Crippen LogP contribution in [0.2, 0.25) is 0 Å². The molecule has 0 fully saturated rings. The van der Waals surface area contributed by atoms with Gasteiger partial charge < -0.3 is 15.2 Å². The van der Waals surface area contributed by atoms with E-state index in [0.29, 0.717) is 11.3 Å². The van der Waals surface area contributed by atoms with Gasteiger partial charge in [-0.1, -0.05) is 6.92 Å². The Labute approximate surface area is 98.7 Å². The largest absolute Gasteiger partial charge is 0.619 e. The molecule has 0 aromatic carbocycles. The highest BCUT2D eigenvalue weighted by molar-refractivity contribution is 5.96. The summed E-state index contributed by atoms with van der Waals surface area (Å²) in [6.07, 6.45) is 2.78. The summed E-state index contributed by atoms with van der Waals surface area (Å²) >= 11 is 0. The van der Waals surface area contributed by atoms with E-state index in [1.54, 1.807) is 7.05 Å². The van der Waals surface area contributed by atoms with Crippen LogP contribution in [0.5, 0.6) is 0 Å². The second kappa shape index (κ2) is 5.29. The van der Waals surface area contributed by atoms with Crippen molar-refractivity contribution in [2.24, 2.45) is 0 Å². The second-order valence-electron chi connectivity index (χ2n) is 3.70. The monoisotopic (exact) mass is 238 g/mol. The standard InChI is InChI=1S/C11H14N2O4/c1-3-4-12(2)10(14)8-5-9(11(15)16)7-13(17)6-8/h5-7H,3-4H2,1-2H3,(H,15,16). The van der Waals surface area contributed by atoms with E-state index in [0.717, 1.165) is 18.8 Å². The SMILES string of the molecule is CCCN(C)C(=O)c1cc(C(=O)O)c[n+]([O-])c1. The summed E-state index contributed by atoms with van der Waals surface area (Å²) in [4.78, 5) is 24.0. The summed E-state index contributed by atoms with van der Waals surface area (Å²) in [5.74, 6) is -1.60. The summed E-state index contributed by atoms with van der Waals surface area (Å²) in [6, 6.07) is 1.20. The third-order valence-corrected chi connectivity index (χ3v) is 2.24. The molecule has 17 heavy (non-hydrogen) atoms. The molecule has 92 valence electrons. The van der Waals surface area contributed by atoms with Gasteiger partial charge >= 0.3 is 5.97 Å². The normalized spacial score (nSPS) is 10.0. The van der Waals surface area contributed by atoms with Gasteiger partial charge in [0.1, 0.15) is 11.1 Å². The topological polar surface area (TPSA) is 84.5 Å². The first-order valence-corrected chi connectivity index (χ1v) is 5.18. The molecule has 1 aromatic rings. The summed E-state index contributed by atoms with van der Waals surface area (Å²) in [5.41, 5.74) is -0.119. The van der Waals surface area contributed by atoms with Crippen LogP contribution >= 0.6 is 0 Å². The molecule has 1 amide bonds. The molecule has 0 radical (unpaired) electrons. The van der Waals surface area contributed by atoms with Crippen LogP contribution in [0, 0.1) is 5.21 Å². The van der Waals surface area contributed by atoms with Gasteiger partial charge in [0.05, 0.1) is 0 Å². The van der Waals surface area contributed by atoms with E-state index in [4.69, 9.17) is 5.11 Å². The van der Waals surface area contributed by atoms with Crippen molar-refractivity contribution >= 4 is 11.9 Å². The van der Waals surface area contributed by atoms with Gasteiger partial charge in [-0.15, -0.1) is 0 Å². The molecule has 0 atom stereocenters. The molecule has 0 aliphatic rings. The zero-order chi connectivity index (χ0) is 13.0. The fourth-order valence-electron chi connectivity index (χ4n) is 1.44. The second-order valence-corrected chi connectivity index (χ2v) is 3.70. The van der Waals surface area contributed by atoms with Crippen molar-refractivity contribution in [2.45, 2.75) is 13.3 Å². The quantitative estimate of drug-likeness (QED) is 0.611. The van der Waals surface area contributed by atoms with Gasteiger partial charge in [-0.2, -0.15) is 4.73 Å². The van der Waals surface area contributed by atoms with Gasteiger partial charge in [0.15, 0.2) is 12.4 Å². The number of amides is 1. The Kier molecular flexibility index (Phi) is 4.03. The summed E-state index contributed by atoms with van der Waals surface area (Å²) in [7, 11) is 1.61. The van der Waals surface area contributed by atoms with E-state index in [-0.39, 0.29) is 17.0 Å². The smallest absolute Gasteiger partial charge is 0.341 e. The van der Waals surface area contributed by atoms with Crippen molar-refractivity contribution < 1.29 is 19.4 Å². The molecule has 1 heterocycles. The van der Waals surface area contributed by atoms with Crippen LogP contribution < -0.4 is 4.73 Å². The molecule has 0 saturated carbocycles. The number of aromatic nitrogens is 1. The van der Waals surface area contributed by atoms with Gasteiger partial charge in [0.2, 0.25) is 0 Å². The van der Waals surface area contributed by atoms with Crippen molar-refractivity contribution in [1.29, 1.82) is 0 Å². The van der Waals surface area contributed by atoms with Gasteiger partial charge in [-0.05, 0) is 12.5 Å². The molecule has 6 heteroatoms. The highest BCUT2D eigenvalue weighted by atomic mass is 16.5. The fraction of sp³-hybridized carbons (Fsp3) is 0.364. The van der Waals surface area contributed by atoms with Crippen LogP contribution in [-0.2, 0) is 0 Å². The van der Waals surface area contributed by atoms with Crippen LogP contribution in [0.25, 0.3) is 0 Å². The van der Waals surface area contributed by atoms with E-state index in [9.17, 15) is 14.8 Å². The molecular formula is C11H14N2O4. The maximum absolute atomic E-state index is 11.8. The highest BCUT2D eigenvalue weighted by Gasteiger charge is 2.17. The van der Waals surface area contributed by atoms with Gasteiger partial charge in [0, 0.05) is 13.6 Å². The lowest BCUT2D eigenvalue weighted by Gasteiger charge is -2.15. The summed E-state index contributed by atoms with van der Waals surface area (Å²) < 4.78 is 0.330. The lowest BCUT2D eigenvalue weighted by molar-refractivity contribution is -0.605. The lowest BCUT2D eigenvalue weighted by Crippen LogP contribution is -2.33. The number of aromatic carboxylic acids is 1. The van der Waals surface area contributed by atoms with Crippen LogP contribution in [0.1, 0.15) is 34.1 Å².